The Bertz CT molecular complexity index is 141. The fraction of sp³-hybridized carbons (Fsp3) is 0.889. The van der Waals surface area contributed by atoms with E-state index >= 15 is 0 Å². The normalized spacial score (nSPS) is 19.3. The van der Waals surface area contributed by atoms with Crippen LogP contribution in [-0.4, -0.2) is 22.1 Å². The molecule has 2 nitrogen and oxygen atoms in total. The number of thioether (sulfide) groups is 1. The molecule has 3 heteroatoms. The van der Waals surface area contributed by atoms with Crippen LogP contribution in [0.3, 0.4) is 0 Å². The van der Waals surface area contributed by atoms with E-state index in [0.717, 1.165) is 11.0 Å². The maximum Gasteiger partial charge on any atom is 0.304 e. The highest BCUT2D eigenvalue weighted by molar-refractivity contribution is 7.99. The zero-order valence-corrected chi connectivity index (χ0v) is 8.11. The first-order valence-electron chi connectivity index (χ1n) is 4.62. The lowest BCUT2D eigenvalue weighted by Gasteiger charge is -2.20. The van der Waals surface area contributed by atoms with Gasteiger partial charge in [-0.1, -0.05) is 19.3 Å². The van der Waals surface area contributed by atoms with Crippen LogP contribution in [0.1, 0.15) is 38.5 Å². The van der Waals surface area contributed by atoms with Crippen molar-refractivity contribution in [3.05, 3.63) is 0 Å². The highest BCUT2D eigenvalue weighted by Gasteiger charge is 2.13. The van der Waals surface area contributed by atoms with Gasteiger partial charge >= 0.3 is 5.97 Å². The molecule has 12 heavy (non-hydrogen) atoms. The molecule has 0 amide bonds. The van der Waals surface area contributed by atoms with Crippen molar-refractivity contribution in [2.45, 2.75) is 43.8 Å². The Morgan fingerprint density at radius 3 is 2.58 bits per heavy atom. The van der Waals surface area contributed by atoms with Crippen LogP contribution in [0.2, 0.25) is 0 Å². The van der Waals surface area contributed by atoms with Crippen molar-refractivity contribution in [1.82, 2.24) is 0 Å². The Hall–Kier alpha value is -0.180. The number of aliphatic carboxylic acids is 1. The predicted molar refractivity (Wildman–Crippen MR) is 51.6 cm³/mol. The van der Waals surface area contributed by atoms with Crippen LogP contribution in [0, 0.1) is 0 Å². The van der Waals surface area contributed by atoms with Crippen molar-refractivity contribution in [2.24, 2.45) is 0 Å². The first-order valence-corrected chi connectivity index (χ1v) is 5.67. The van der Waals surface area contributed by atoms with Crippen LogP contribution in [0.15, 0.2) is 0 Å². The molecule has 1 saturated carbocycles. The smallest absolute Gasteiger partial charge is 0.304 e. The van der Waals surface area contributed by atoms with Gasteiger partial charge in [-0.15, -0.1) is 0 Å². The molecule has 0 saturated heterocycles. The summed E-state index contributed by atoms with van der Waals surface area (Å²) in [5.41, 5.74) is 0. The molecule has 0 spiro atoms. The minimum absolute atomic E-state index is 0.321. The summed E-state index contributed by atoms with van der Waals surface area (Å²) in [5.74, 6) is 0.123. The molecular formula is C9H16O2S. The van der Waals surface area contributed by atoms with Gasteiger partial charge in [-0.2, -0.15) is 11.8 Å². The van der Waals surface area contributed by atoms with Crippen LogP contribution in [-0.2, 0) is 4.79 Å². The monoisotopic (exact) mass is 188 g/mol. The third kappa shape index (κ3) is 4.00. The SMILES string of the molecule is O=C(O)CCSC1CCCCC1. The Morgan fingerprint density at radius 2 is 2.00 bits per heavy atom. The number of hydrogen-bond donors (Lipinski definition) is 1. The molecule has 0 aromatic rings. The van der Waals surface area contributed by atoms with Crippen molar-refractivity contribution in [3.63, 3.8) is 0 Å². The maximum atomic E-state index is 10.2. The van der Waals surface area contributed by atoms with Gasteiger partial charge in [-0.05, 0) is 12.8 Å². The predicted octanol–water partition coefficient (Wildman–Crippen LogP) is 2.53. The summed E-state index contributed by atoms with van der Waals surface area (Å²) >= 11 is 1.84. The fourth-order valence-corrected chi connectivity index (χ4v) is 2.84. The molecule has 0 radical (unpaired) electrons. The molecule has 0 unspecified atom stereocenters. The number of carboxylic acid groups (broad SMARTS) is 1. The summed E-state index contributed by atoms with van der Waals surface area (Å²) in [6.45, 7) is 0. The van der Waals surface area contributed by atoms with Crippen molar-refractivity contribution in [2.75, 3.05) is 5.75 Å². The van der Waals surface area contributed by atoms with Gasteiger partial charge in [0, 0.05) is 11.0 Å². The van der Waals surface area contributed by atoms with E-state index in [2.05, 4.69) is 0 Å². The minimum atomic E-state index is -0.668. The van der Waals surface area contributed by atoms with Crippen molar-refractivity contribution >= 4 is 17.7 Å². The van der Waals surface area contributed by atoms with Gasteiger partial charge in [-0.25, -0.2) is 0 Å². The molecule has 0 aliphatic heterocycles. The molecule has 0 bridgehead atoms. The summed E-state index contributed by atoms with van der Waals surface area (Å²) in [6, 6.07) is 0. The summed E-state index contributed by atoms with van der Waals surface area (Å²) in [4.78, 5) is 10.2. The van der Waals surface area contributed by atoms with Gasteiger partial charge in [0.15, 0.2) is 0 Å². The van der Waals surface area contributed by atoms with Gasteiger partial charge in [-0.3, -0.25) is 4.79 Å². The lowest BCUT2D eigenvalue weighted by molar-refractivity contribution is -0.136. The van der Waals surface area contributed by atoms with Crippen molar-refractivity contribution in [3.8, 4) is 0 Å². The second-order valence-corrected chi connectivity index (χ2v) is 4.68. The molecule has 0 aromatic heterocycles. The van der Waals surface area contributed by atoms with E-state index in [0.29, 0.717) is 6.42 Å². The van der Waals surface area contributed by atoms with Gasteiger partial charge < -0.3 is 5.11 Å². The van der Waals surface area contributed by atoms with Crippen LogP contribution in [0.4, 0.5) is 0 Å². The van der Waals surface area contributed by atoms with E-state index in [9.17, 15) is 4.79 Å². The lowest BCUT2D eigenvalue weighted by atomic mass is 10.0. The third-order valence-corrected chi connectivity index (χ3v) is 3.60. The first-order chi connectivity index (χ1) is 5.79. The Morgan fingerprint density at radius 1 is 1.33 bits per heavy atom. The third-order valence-electron chi connectivity index (χ3n) is 2.22. The highest BCUT2D eigenvalue weighted by atomic mass is 32.2. The van der Waals surface area contributed by atoms with Crippen LogP contribution < -0.4 is 0 Å². The topological polar surface area (TPSA) is 37.3 Å². The second kappa shape index (κ2) is 5.46. The number of carboxylic acids is 1. The Balaban J connectivity index is 2.01. The van der Waals surface area contributed by atoms with Gasteiger partial charge in [0.25, 0.3) is 0 Å². The van der Waals surface area contributed by atoms with Gasteiger partial charge in [0.2, 0.25) is 0 Å². The number of rotatable bonds is 4. The van der Waals surface area contributed by atoms with Crippen LogP contribution in [0.25, 0.3) is 0 Å². The fourth-order valence-electron chi connectivity index (χ4n) is 1.54. The van der Waals surface area contributed by atoms with Crippen LogP contribution in [0.5, 0.6) is 0 Å². The molecule has 1 N–H and O–H groups in total. The molecule has 1 aliphatic rings. The van der Waals surface area contributed by atoms with Gasteiger partial charge in [0.05, 0.1) is 6.42 Å². The summed E-state index contributed by atoms with van der Waals surface area (Å²) < 4.78 is 0. The van der Waals surface area contributed by atoms with Crippen molar-refractivity contribution in [1.29, 1.82) is 0 Å². The van der Waals surface area contributed by atoms with Crippen LogP contribution >= 0.6 is 11.8 Å². The zero-order valence-electron chi connectivity index (χ0n) is 7.29. The standard InChI is InChI=1S/C9H16O2S/c10-9(11)6-7-12-8-4-2-1-3-5-8/h8H,1-7H2,(H,10,11). The Kier molecular flexibility index (Phi) is 4.51. The average Bonchev–Trinajstić information content (AvgIpc) is 2.05. The summed E-state index contributed by atoms with van der Waals surface area (Å²) in [5, 5.41) is 9.18. The van der Waals surface area contributed by atoms with E-state index in [-0.39, 0.29) is 0 Å². The van der Waals surface area contributed by atoms with E-state index < -0.39 is 5.97 Å². The Labute approximate surface area is 77.7 Å². The molecule has 70 valence electrons. The molecule has 1 rings (SSSR count). The molecule has 1 fully saturated rings. The van der Waals surface area contributed by atoms with E-state index in [4.69, 9.17) is 5.11 Å². The summed E-state index contributed by atoms with van der Waals surface area (Å²) in [6.07, 6.45) is 6.96. The summed E-state index contributed by atoms with van der Waals surface area (Å²) in [7, 11) is 0. The second-order valence-electron chi connectivity index (χ2n) is 3.27. The zero-order chi connectivity index (χ0) is 8.81. The average molecular weight is 188 g/mol. The first kappa shape index (κ1) is 9.90. The highest BCUT2D eigenvalue weighted by Crippen LogP contribution is 2.28. The van der Waals surface area contributed by atoms with E-state index in [1.54, 1.807) is 0 Å². The molecular weight excluding hydrogens is 172 g/mol. The largest absolute Gasteiger partial charge is 0.481 e. The van der Waals surface area contributed by atoms with E-state index in [1.807, 2.05) is 11.8 Å². The van der Waals surface area contributed by atoms with Gasteiger partial charge in [0.1, 0.15) is 0 Å². The molecule has 0 atom stereocenters. The number of carbonyl (C=O) groups is 1. The lowest BCUT2D eigenvalue weighted by Crippen LogP contribution is -2.09. The van der Waals surface area contributed by atoms with Crippen molar-refractivity contribution < 1.29 is 9.90 Å². The van der Waals surface area contributed by atoms with E-state index in [1.165, 1.54) is 32.1 Å². The molecule has 1 aliphatic carbocycles. The number of hydrogen-bond acceptors (Lipinski definition) is 2. The maximum absolute atomic E-state index is 10.2. The minimum Gasteiger partial charge on any atom is -0.481 e. The quantitative estimate of drug-likeness (QED) is 0.736. The molecule has 0 aromatic carbocycles. The molecule has 0 heterocycles.